The van der Waals surface area contributed by atoms with E-state index in [1.807, 2.05) is 12.1 Å². The molecule has 5 nitrogen and oxygen atoms in total. The summed E-state index contributed by atoms with van der Waals surface area (Å²) in [6, 6.07) is 5.50. The van der Waals surface area contributed by atoms with Crippen molar-refractivity contribution in [1.29, 1.82) is 0 Å². The fourth-order valence-corrected chi connectivity index (χ4v) is 2.07. The molecule has 1 saturated carbocycles. The fourth-order valence-electron chi connectivity index (χ4n) is 2.07. The summed E-state index contributed by atoms with van der Waals surface area (Å²) in [5, 5.41) is 5.66. The summed E-state index contributed by atoms with van der Waals surface area (Å²) in [5.41, 5.74) is 1.71. The summed E-state index contributed by atoms with van der Waals surface area (Å²) in [6.07, 6.45) is 2.69. The van der Waals surface area contributed by atoms with Gasteiger partial charge in [-0.1, -0.05) is 0 Å². The van der Waals surface area contributed by atoms with Gasteiger partial charge in [-0.2, -0.15) is 0 Å². The van der Waals surface area contributed by atoms with Crippen LogP contribution in [0.5, 0.6) is 5.75 Å². The monoisotopic (exact) mass is 276 g/mol. The first-order valence-corrected chi connectivity index (χ1v) is 6.82. The third-order valence-electron chi connectivity index (χ3n) is 3.24. The highest BCUT2D eigenvalue weighted by Crippen LogP contribution is 2.28. The molecule has 0 atom stereocenters. The Balaban J connectivity index is 1.96. The maximum atomic E-state index is 11.6. The number of amides is 2. The van der Waals surface area contributed by atoms with Gasteiger partial charge in [-0.25, -0.2) is 0 Å². The van der Waals surface area contributed by atoms with Crippen LogP contribution in [-0.4, -0.2) is 25.5 Å². The molecule has 2 N–H and O–H groups in total. The lowest BCUT2D eigenvalue weighted by atomic mass is 10.1. The van der Waals surface area contributed by atoms with Crippen LogP contribution in [0.2, 0.25) is 0 Å². The minimum Gasteiger partial charge on any atom is -0.496 e. The van der Waals surface area contributed by atoms with E-state index >= 15 is 0 Å². The molecule has 1 aromatic carbocycles. The van der Waals surface area contributed by atoms with Gasteiger partial charge in [-0.15, -0.1) is 0 Å². The van der Waals surface area contributed by atoms with Crippen molar-refractivity contribution in [2.24, 2.45) is 5.92 Å². The van der Waals surface area contributed by atoms with E-state index in [0.29, 0.717) is 13.0 Å². The molecule has 2 amide bonds. The molecule has 0 unspecified atom stereocenters. The topological polar surface area (TPSA) is 67.4 Å². The zero-order chi connectivity index (χ0) is 14.5. The van der Waals surface area contributed by atoms with Crippen LogP contribution in [0.15, 0.2) is 18.2 Å². The highest BCUT2D eigenvalue weighted by atomic mass is 16.5. The molecule has 0 heterocycles. The van der Waals surface area contributed by atoms with E-state index in [1.54, 1.807) is 13.2 Å². The first-order chi connectivity index (χ1) is 9.60. The van der Waals surface area contributed by atoms with Crippen LogP contribution >= 0.6 is 0 Å². The van der Waals surface area contributed by atoms with Gasteiger partial charge in [0.2, 0.25) is 11.8 Å². The summed E-state index contributed by atoms with van der Waals surface area (Å²) in [7, 11) is 1.61. The van der Waals surface area contributed by atoms with Crippen LogP contribution in [0.3, 0.4) is 0 Å². The molecular formula is C15H20N2O3. The number of carbonyl (C=O) groups is 2. The summed E-state index contributed by atoms with van der Waals surface area (Å²) < 4.78 is 5.30. The molecular weight excluding hydrogens is 256 g/mol. The molecule has 0 spiro atoms. The SMILES string of the molecule is COc1ccc(NC(C)=O)cc1CCNC(=O)C1CC1. The van der Waals surface area contributed by atoms with E-state index in [1.165, 1.54) is 6.92 Å². The molecule has 20 heavy (non-hydrogen) atoms. The third-order valence-corrected chi connectivity index (χ3v) is 3.24. The zero-order valence-corrected chi connectivity index (χ0v) is 11.9. The Kier molecular flexibility index (Phi) is 4.61. The molecule has 5 heteroatoms. The smallest absolute Gasteiger partial charge is 0.223 e. The van der Waals surface area contributed by atoms with Crippen LogP contribution in [-0.2, 0) is 16.0 Å². The number of hydrogen-bond acceptors (Lipinski definition) is 3. The third kappa shape index (κ3) is 3.98. The lowest BCUT2D eigenvalue weighted by molar-refractivity contribution is -0.122. The summed E-state index contributed by atoms with van der Waals surface area (Å²) in [4.78, 5) is 22.6. The average molecular weight is 276 g/mol. The van der Waals surface area contributed by atoms with Crippen molar-refractivity contribution in [3.63, 3.8) is 0 Å². The standard InChI is InChI=1S/C15H20N2O3/c1-10(18)17-13-5-6-14(20-2)12(9-13)7-8-16-15(19)11-3-4-11/h5-6,9,11H,3-4,7-8H2,1-2H3,(H,16,19)(H,17,18). The van der Waals surface area contributed by atoms with Gasteiger partial charge in [-0.05, 0) is 43.0 Å². The van der Waals surface area contributed by atoms with Crippen molar-refractivity contribution in [2.75, 3.05) is 19.0 Å². The molecule has 1 aliphatic carbocycles. The predicted octanol–water partition coefficient (Wildman–Crippen LogP) is 1.72. The summed E-state index contributed by atoms with van der Waals surface area (Å²) >= 11 is 0. The van der Waals surface area contributed by atoms with Gasteiger partial charge in [0.15, 0.2) is 0 Å². The Morgan fingerprint density at radius 1 is 1.35 bits per heavy atom. The quantitative estimate of drug-likeness (QED) is 0.831. The summed E-state index contributed by atoms with van der Waals surface area (Å²) in [5.74, 6) is 1.02. The van der Waals surface area contributed by atoms with Crippen LogP contribution in [0.1, 0.15) is 25.3 Å². The first-order valence-electron chi connectivity index (χ1n) is 6.82. The number of nitrogens with one attached hydrogen (secondary N) is 2. The van der Waals surface area contributed by atoms with Crippen LogP contribution in [0.4, 0.5) is 5.69 Å². The van der Waals surface area contributed by atoms with Crippen molar-refractivity contribution in [3.8, 4) is 5.75 Å². The van der Waals surface area contributed by atoms with Gasteiger partial charge in [0.05, 0.1) is 7.11 Å². The molecule has 2 rings (SSSR count). The van der Waals surface area contributed by atoms with Crippen molar-refractivity contribution >= 4 is 17.5 Å². The molecule has 1 aliphatic rings. The van der Waals surface area contributed by atoms with Crippen molar-refractivity contribution in [1.82, 2.24) is 5.32 Å². The number of carbonyl (C=O) groups excluding carboxylic acids is 2. The fraction of sp³-hybridized carbons (Fsp3) is 0.467. The number of rotatable bonds is 6. The van der Waals surface area contributed by atoms with E-state index in [9.17, 15) is 9.59 Å². The molecule has 1 fully saturated rings. The van der Waals surface area contributed by atoms with E-state index in [2.05, 4.69) is 10.6 Å². The minimum atomic E-state index is -0.108. The second kappa shape index (κ2) is 6.41. The van der Waals surface area contributed by atoms with Gasteiger partial charge < -0.3 is 15.4 Å². The minimum absolute atomic E-state index is 0.108. The molecule has 0 radical (unpaired) electrons. The van der Waals surface area contributed by atoms with Gasteiger partial charge in [0.25, 0.3) is 0 Å². The van der Waals surface area contributed by atoms with Gasteiger partial charge >= 0.3 is 0 Å². The van der Waals surface area contributed by atoms with Crippen LogP contribution < -0.4 is 15.4 Å². The first kappa shape index (κ1) is 14.4. The van der Waals surface area contributed by atoms with E-state index in [0.717, 1.165) is 29.8 Å². The molecule has 0 bridgehead atoms. The normalized spacial score (nSPS) is 13.7. The lowest BCUT2D eigenvalue weighted by Gasteiger charge is -2.11. The van der Waals surface area contributed by atoms with Crippen molar-refractivity contribution < 1.29 is 14.3 Å². The zero-order valence-electron chi connectivity index (χ0n) is 11.9. The number of hydrogen-bond donors (Lipinski definition) is 2. The van der Waals surface area contributed by atoms with Crippen LogP contribution in [0, 0.1) is 5.92 Å². The summed E-state index contributed by atoms with van der Waals surface area (Å²) in [6.45, 7) is 2.05. The second-order valence-corrected chi connectivity index (χ2v) is 5.02. The Bertz CT molecular complexity index is 510. The number of benzene rings is 1. The molecule has 108 valence electrons. The predicted molar refractivity (Wildman–Crippen MR) is 76.7 cm³/mol. The maximum Gasteiger partial charge on any atom is 0.223 e. The van der Waals surface area contributed by atoms with E-state index in [-0.39, 0.29) is 17.7 Å². The Morgan fingerprint density at radius 3 is 2.70 bits per heavy atom. The lowest BCUT2D eigenvalue weighted by Crippen LogP contribution is -2.27. The van der Waals surface area contributed by atoms with Gasteiger partial charge in [-0.3, -0.25) is 9.59 Å². The largest absolute Gasteiger partial charge is 0.496 e. The number of ether oxygens (including phenoxy) is 1. The van der Waals surface area contributed by atoms with Crippen molar-refractivity contribution in [2.45, 2.75) is 26.2 Å². The molecule has 0 aromatic heterocycles. The maximum absolute atomic E-state index is 11.6. The van der Waals surface area contributed by atoms with Gasteiger partial charge in [0.1, 0.15) is 5.75 Å². The highest BCUT2D eigenvalue weighted by Gasteiger charge is 2.29. The molecule has 1 aromatic rings. The molecule has 0 saturated heterocycles. The Hall–Kier alpha value is -2.04. The number of anilines is 1. The van der Waals surface area contributed by atoms with E-state index < -0.39 is 0 Å². The average Bonchev–Trinajstić information content (AvgIpc) is 3.22. The van der Waals surface area contributed by atoms with Gasteiger partial charge in [0, 0.05) is 25.1 Å². The van der Waals surface area contributed by atoms with Crippen molar-refractivity contribution in [3.05, 3.63) is 23.8 Å². The van der Waals surface area contributed by atoms with E-state index in [4.69, 9.17) is 4.74 Å². The second-order valence-electron chi connectivity index (χ2n) is 5.02. The highest BCUT2D eigenvalue weighted by molar-refractivity contribution is 5.88. The van der Waals surface area contributed by atoms with Crippen LogP contribution in [0.25, 0.3) is 0 Å². The number of methoxy groups -OCH3 is 1. The molecule has 0 aliphatic heterocycles. The Labute approximate surface area is 118 Å². The Morgan fingerprint density at radius 2 is 2.10 bits per heavy atom.